The monoisotopic (exact) mass is 279 g/mol. The summed E-state index contributed by atoms with van der Waals surface area (Å²) < 4.78 is 36.8. The first-order valence-corrected chi connectivity index (χ1v) is 7.17. The fourth-order valence-electron chi connectivity index (χ4n) is 3.13. The zero-order valence-electron chi connectivity index (χ0n) is 11.4. The second-order valence-electron chi connectivity index (χ2n) is 6.05. The first-order chi connectivity index (χ1) is 8.86. The zero-order valence-corrected chi connectivity index (χ0v) is 11.4. The summed E-state index contributed by atoms with van der Waals surface area (Å²) >= 11 is 0. The molecular weight excluding hydrogens is 255 g/mol. The summed E-state index contributed by atoms with van der Waals surface area (Å²) in [5.74, 6) is 0. The van der Waals surface area contributed by atoms with Gasteiger partial charge in [0, 0.05) is 31.7 Å². The first kappa shape index (κ1) is 15.1. The Labute approximate surface area is 112 Å². The van der Waals surface area contributed by atoms with Gasteiger partial charge < -0.3 is 10.6 Å². The molecule has 1 heterocycles. The molecule has 112 valence electrons. The maximum absolute atomic E-state index is 12.3. The minimum absolute atomic E-state index is 0.0108. The molecule has 0 spiro atoms. The Bertz CT molecular complexity index is 279. The van der Waals surface area contributed by atoms with Gasteiger partial charge in [-0.1, -0.05) is 12.8 Å². The van der Waals surface area contributed by atoms with E-state index in [2.05, 4.69) is 4.90 Å². The third-order valence-electron chi connectivity index (χ3n) is 4.39. The van der Waals surface area contributed by atoms with Crippen molar-refractivity contribution in [2.24, 2.45) is 5.73 Å². The van der Waals surface area contributed by atoms with Crippen LogP contribution in [0.4, 0.5) is 13.2 Å². The Morgan fingerprint density at radius 3 is 2.00 bits per heavy atom. The van der Waals surface area contributed by atoms with Crippen LogP contribution in [0.3, 0.4) is 0 Å². The predicted octanol–water partition coefficient (Wildman–Crippen LogP) is 1.83. The van der Waals surface area contributed by atoms with Crippen molar-refractivity contribution in [1.29, 1.82) is 0 Å². The van der Waals surface area contributed by atoms with Crippen LogP contribution in [0.2, 0.25) is 0 Å². The fraction of sp³-hybridized carbons (Fsp3) is 1.00. The van der Waals surface area contributed by atoms with E-state index in [1.807, 2.05) is 0 Å². The van der Waals surface area contributed by atoms with Crippen LogP contribution in [-0.4, -0.2) is 60.8 Å². The van der Waals surface area contributed by atoms with E-state index in [1.165, 1.54) is 17.7 Å². The average molecular weight is 279 g/mol. The lowest BCUT2D eigenvalue weighted by atomic mass is 9.94. The Hall–Kier alpha value is -0.330. The molecule has 1 aliphatic carbocycles. The Kier molecular flexibility index (Phi) is 4.74. The van der Waals surface area contributed by atoms with Crippen molar-refractivity contribution < 1.29 is 13.2 Å². The molecule has 0 aromatic rings. The average Bonchev–Trinajstić information content (AvgIpc) is 2.74. The molecule has 6 heteroatoms. The smallest absolute Gasteiger partial charge is 0.325 e. The molecule has 1 saturated heterocycles. The SMILES string of the molecule is NC1(CCN2CCN(CC(F)(F)F)CC2)CCCC1. The molecule has 3 nitrogen and oxygen atoms in total. The van der Waals surface area contributed by atoms with Gasteiger partial charge in [-0.25, -0.2) is 0 Å². The van der Waals surface area contributed by atoms with Gasteiger partial charge in [-0.2, -0.15) is 13.2 Å². The topological polar surface area (TPSA) is 32.5 Å². The number of nitrogens with two attached hydrogens (primary N) is 1. The fourth-order valence-corrected chi connectivity index (χ4v) is 3.13. The molecule has 0 unspecified atom stereocenters. The van der Waals surface area contributed by atoms with Crippen LogP contribution in [-0.2, 0) is 0 Å². The maximum Gasteiger partial charge on any atom is 0.401 e. The van der Waals surface area contributed by atoms with E-state index < -0.39 is 12.7 Å². The third-order valence-corrected chi connectivity index (χ3v) is 4.39. The van der Waals surface area contributed by atoms with Crippen LogP contribution < -0.4 is 5.73 Å². The predicted molar refractivity (Wildman–Crippen MR) is 68.9 cm³/mol. The van der Waals surface area contributed by atoms with Gasteiger partial charge in [-0.05, 0) is 25.8 Å². The second kappa shape index (κ2) is 5.97. The minimum atomic E-state index is -4.08. The molecule has 1 aliphatic heterocycles. The van der Waals surface area contributed by atoms with E-state index in [0.717, 1.165) is 38.9 Å². The van der Waals surface area contributed by atoms with Crippen molar-refractivity contribution in [3.8, 4) is 0 Å². The molecule has 0 radical (unpaired) electrons. The van der Waals surface area contributed by atoms with Gasteiger partial charge in [-0.15, -0.1) is 0 Å². The van der Waals surface area contributed by atoms with Crippen molar-refractivity contribution in [1.82, 2.24) is 9.80 Å². The van der Waals surface area contributed by atoms with E-state index in [9.17, 15) is 13.2 Å². The summed E-state index contributed by atoms with van der Waals surface area (Å²) in [4.78, 5) is 3.74. The molecule has 0 bridgehead atoms. The highest BCUT2D eigenvalue weighted by molar-refractivity contribution is 4.90. The highest BCUT2D eigenvalue weighted by Crippen LogP contribution is 2.30. The molecule has 0 aromatic carbocycles. The summed E-state index contributed by atoms with van der Waals surface area (Å²) in [5.41, 5.74) is 6.29. The van der Waals surface area contributed by atoms with Gasteiger partial charge in [0.1, 0.15) is 0 Å². The summed E-state index contributed by atoms with van der Waals surface area (Å²) in [6, 6.07) is 0. The van der Waals surface area contributed by atoms with Gasteiger partial charge >= 0.3 is 6.18 Å². The van der Waals surface area contributed by atoms with Crippen molar-refractivity contribution in [2.45, 2.75) is 43.8 Å². The quantitative estimate of drug-likeness (QED) is 0.852. The van der Waals surface area contributed by atoms with E-state index >= 15 is 0 Å². The van der Waals surface area contributed by atoms with Crippen LogP contribution in [0.1, 0.15) is 32.1 Å². The zero-order chi connectivity index (χ0) is 13.9. The number of nitrogens with zero attached hydrogens (tertiary/aromatic N) is 2. The Balaban J connectivity index is 1.66. The minimum Gasteiger partial charge on any atom is -0.325 e. The summed E-state index contributed by atoms with van der Waals surface area (Å²) in [7, 11) is 0. The van der Waals surface area contributed by atoms with E-state index in [1.54, 1.807) is 0 Å². The number of rotatable bonds is 4. The van der Waals surface area contributed by atoms with Crippen LogP contribution in [0, 0.1) is 0 Å². The van der Waals surface area contributed by atoms with Crippen LogP contribution in [0.25, 0.3) is 0 Å². The van der Waals surface area contributed by atoms with Gasteiger partial charge in [0.05, 0.1) is 6.54 Å². The Morgan fingerprint density at radius 1 is 0.947 bits per heavy atom. The molecule has 2 fully saturated rings. The molecular formula is C13H24F3N3. The van der Waals surface area contributed by atoms with E-state index in [-0.39, 0.29) is 5.54 Å². The standard InChI is InChI=1S/C13H24F3N3/c14-13(15,16)11-19-9-7-18(8-10-19)6-5-12(17)3-1-2-4-12/h1-11,17H2. The number of halogens is 3. The molecule has 0 amide bonds. The highest BCUT2D eigenvalue weighted by Gasteiger charge is 2.33. The molecule has 2 rings (SSSR count). The number of hydrogen-bond acceptors (Lipinski definition) is 3. The molecule has 2 N–H and O–H groups in total. The van der Waals surface area contributed by atoms with Crippen LogP contribution in [0.15, 0.2) is 0 Å². The highest BCUT2D eigenvalue weighted by atomic mass is 19.4. The normalized spacial score (nSPS) is 25.9. The summed E-state index contributed by atoms with van der Waals surface area (Å²) in [6.07, 6.45) is 1.54. The third kappa shape index (κ3) is 4.93. The molecule has 2 aliphatic rings. The molecule has 0 aromatic heterocycles. The van der Waals surface area contributed by atoms with Crippen molar-refractivity contribution in [3.63, 3.8) is 0 Å². The van der Waals surface area contributed by atoms with Crippen LogP contribution >= 0.6 is 0 Å². The second-order valence-corrected chi connectivity index (χ2v) is 6.05. The molecule has 19 heavy (non-hydrogen) atoms. The van der Waals surface area contributed by atoms with Gasteiger partial charge in [-0.3, -0.25) is 4.90 Å². The molecule has 0 atom stereocenters. The Morgan fingerprint density at radius 2 is 1.47 bits per heavy atom. The van der Waals surface area contributed by atoms with Crippen LogP contribution in [0.5, 0.6) is 0 Å². The number of piperazine rings is 1. The summed E-state index contributed by atoms with van der Waals surface area (Å²) in [6.45, 7) is 2.63. The van der Waals surface area contributed by atoms with Crippen molar-refractivity contribution in [2.75, 3.05) is 39.3 Å². The lowest BCUT2D eigenvalue weighted by Crippen LogP contribution is -2.50. The van der Waals surface area contributed by atoms with Crippen molar-refractivity contribution >= 4 is 0 Å². The maximum atomic E-state index is 12.3. The first-order valence-electron chi connectivity index (χ1n) is 7.17. The van der Waals surface area contributed by atoms with Gasteiger partial charge in [0.15, 0.2) is 0 Å². The lowest BCUT2D eigenvalue weighted by Gasteiger charge is -2.36. The number of hydrogen-bond donors (Lipinski definition) is 1. The summed E-state index contributed by atoms with van der Waals surface area (Å²) in [5, 5.41) is 0. The van der Waals surface area contributed by atoms with Gasteiger partial charge in [0.25, 0.3) is 0 Å². The van der Waals surface area contributed by atoms with E-state index in [4.69, 9.17) is 5.73 Å². The van der Waals surface area contributed by atoms with Gasteiger partial charge in [0.2, 0.25) is 0 Å². The van der Waals surface area contributed by atoms with Crippen molar-refractivity contribution in [3.05, 3.63) is 0 Å². The van der Waals surface area contributed by atoms with E-state index in [0.29, 0.717) is 13.1 Å². The number of alkyl halides is 3. The molecule has 1 saturated carbocycles. The lowest BCUT2D eigenvalue weighted by molar-refractivity contribution is -0.149. The largest absolute Gasteiger partial charge is 0.401 e.